The van der Waals surface area contributed by atoms with E-state index in [0.29, 0.717) is 6.54 Å². The number of aryl methyl sites for hydroxylation is 1. The quantitative estimate of drug-likeness (QED) is 0.692. The predicted octanol–water partition coefficient (Wildman–Crippen LogP) is 3.53. The number of halogens is 1. The molecule has 2 aromatic carbocycles. The molecule has 0 aromatic heterocycles. The minimum atomic E-state index is -0.124. The van der Waals surface area contributed by atoms with E-state index < -0.39 is 0 Å². The van der Waals surface area contributed by atoms with E-state index in [0.717, 1.165) is 48.0 Å². The number of hydrogen-bond donors (Lipinski definition) is 2. The lowest BCUT2D eigenvalue weighted by Gasteiger charge is -2.23. The standard InChI is InChI=1S/C23H30ClN3O2/c1-4-25-23(28)21-12-20(15-27(21)14-17-5-8-19(24)9-6-17)26-13-18-7-10-22(29-3)16(2)11-18/h5-11,20-21,26H,4,12-15H2,1-3H3,(H,25,28)/t20-,21-/m0/s1. The zero-order valence-corrected chi connectivity index (χ0v) is 18.1. The number of carbonyl (C=O) groups excluding carboxylic acids is 1. The van der Waals surface area contributed by atoms with Crippen LogP contribution in [0.25, 0.3) is 0 Å². The van der Waals surface area contributed by atoms with Gasteiger partial charge in [-0.3, -0.25) is 9.69 Å². The third kappa shape index (κ3) is 5.72. The summed E-state index contributed by atoms with van der Waals surface area (Å²) in [4.78, 5) is 14.9. The van der Waals surface area contributed by atoms with Crippen molar-refractivity contribution in [1.29, 1.82) is 0 Å². The fraction of sp³-hybridized carbons (Fsp3) is 0.435. The van der Waals surface area contributed by atoms with Crippen LogP contribution in [0.15, 0.2) is 42.5 Å². The maximum absolute atomic E-state index is 12.6. The Kier molecular flexibility index (Phi) is 7.53. The minimum absolute atomic E-state index is 0.103. The molecule has 1 heterocycles. The van der Waals surface area contributed by atoms with E-state index in [2.05, 4.69) is 34.6 Å². The average molecular weight is 416 g/mol. The van der Waals surface area contributed by atoms with E-state index in [1.54, 1.807) is 7.11 Å². The number of benzene rings is 2. The lowest BCUT2D eigenvalue weighted by Crippen LogP contribution is -2.42. The summed E-state index contributed by atoms with van der Waals surface area (Å²) < 4.78 is 5.34. The van der Waals surface area contributed by atoms with E-state index in [-0.39, 0.29) is 18.0 Å². The number of nitrogens with one attached hydrogen (secondary N) is 2. The Hall–Kier alpha value is -2.08. The third-order valence-corrected chi connectivity index (χ3v) is 5.66. The van der Waals surface area contributed by atoms with Gasteiger partial charge in [0.25, 0.3) is 0 Å². The predicted molar refractivity (Wildman–Crippen MR) is 117 cm³/mol. The van der Waals surface area contributed by atoms with E-state index in [1.165, 1.54) is 5.56 Å². The van der Waals surface area contributed by atoms with Gasteiger partial charge in [0.2, 0.25) is 5.91 Å². The topological polar surface area (TPSA) is 53.6 Å². The van der Waals surface area contributed by atoms with Crippen molar-refractivity contribution in [3.05, 3.63) is 64.2 Å². The lowest BCUT2D eigenvalue weighted by atomic mass is 10.1. The first-order chi connectivity index (χ1) is 14.0. The number of carbonyl (C=O) groups is 1. The van der Waals surface area contributed by atoms with Gasteiger partial charge in [-0.05, 0) is 55.2 Å². The van der Waals surface area contributed by atoms with Crippen LogP contribution in [0.5, 0.6) is 5.75 Å². The number of likely N-dealkylation sites (tertiary alicyclic amines) is 1. The van der Waals surface area contributed by atoms with Crippen LogP contribution in [0.2, 0.25) is 5.02 Å². The van der Waals surface area contributed by atoms with Crippen LogP contribution in [0.3, 0.4) is 0 Å². The fourth-order valence-corrected chi connectivity index (χ4v) is 4.05. The number of ether oxygens (including phenoxy) is 1. The number of amides is 1. The van der Waals surface area contributed by atoms with Gasteiger partial charge in [0.05, 0.1) is 13.2 Å². The molecule has 5 nitrogen and oxygen atoms in total. The molecule has 3 rings (SSSR count). The Morgan fingerprint density at radius 1 is 1.21 bits per heavy atom. The van der Waals surface area contributed by atoms with Crippen molar-refractivity contribution in [2.45, 2.75) is 45.4 Å². The number of nitrogens with zero attached hydrogens (tertiary/aromatic N) is 1. The molecule has 2 N–H and O–H groups in total. The molecule has 1 amide bonds. The van der Waals surface area contributed by atoms with Crippen LogP contribution in [-0.4, -0.2) is 43.1 Å². The van der Waals surface area contributed by atoms with Crippen LogP contribution in [0.4, 0.5) is 0 Å². The van der Waals surface area contributed by atoms with Crippen molar-refractivity contribution in [2.24, 2.45) is 0 Å². The summed E-state index contributed by atoms with van der Waals surface area (Å²) in [7, 11) is 1.69. The molecule has 1 aliphatic rings. The van der Waals surface area contributed by atoms with Crippen LogP contribution in [0, 0.1) is 6.92 Å². The van der Waals surface area contributed by atoms with Gasteiger partial charge in [-0.2, -0.15) is 0 Å². The summed E-state index contributed by atoms with van der Waals surface area (Å²) >= 11 is 6.01. The van der Waals surface area contributed by atoms with Crippen LogP contribution in [0.1, 0.15) is 30.0 Å². The first kappa shape index (κ1) is 21.6. The molecule has 1 aliphatic heterocycles. The summed E-state index contributed by atoms with van der Waals surface area (Å²) in [6.07, 6.45) is 0.800. The highest BCUT2D eigenvalue weighted by Gasteiger charge is 2.36. The van der Waals surface area contributed by atoms with Crippen molar-refractivity contribution in [1.82, 2.24) is 15.5 Å². The van der Waals surface area contributed by atoms with Crippen molar-refractivity contribution < 1.29 is 9.53 Å². The molecule has 0 saturated carbocycles. The van der Waals surface area contributed by atoms with E-state index in [1.807, 2.05) is 37.3 Å². The summed E-state index contributed by atoms with van der Waals surface area (Å²) in [6, 6.07) is 14.2. The zero-order chi connectivity index (χ0) is 20.8. The number of likely N-dealkylation sites (N-methyl/N-ethyl adjacent to an activating group) is 1. The molecule has 0 aliphatic carbocycles. The first-order valence-corrected chi connectivity index (χ1v) is 10.5. The third-order valence-electron chi connectivity index (χ3n) is 5.41. The number of hydrogen-bond acceptors (Lipinski definition) is 4. The van der Waals surface area contributed by atoms with Gasteiger partial charge in [0.1, 0.15) is 5.75 Å². The number of methoxy groups -OCH3 is 1. The second-order valence-corrected chi connectivity index (χ2v) is 8.02. The van der Waals surface area contributed by atoms with E-state index >= 15 is 0 Å². The van der Waals surface area contributed by atoms with Gasteiger partial charge >= 0.3 is 0 Å². The molecule has 1 fully saturated rings. The monoisotopic (exact) mass is 415 g/mol. The maximum Gasteiger partial charge on any atom is 0.237 e. The van der Waals surface area contributed by atoms with Crippen LogP contribution >= 0.6 is 11.6 Å². The zero-order valence-electron chi connectivity index (χ0n) is 17.4. The SMILES string of the molecule is CCNC(=O)[C@@H]1C[C@H](NCc2ccc(OC)c(C)c2)CN1Cc1ccc(Cl)cc1. The normalized spacial score (nSPS) is 19.3. The van der Waals surface area contributed by atoms with Gasteiger partial charge in [-0.25, -0.2) is 0 Å². The van der Waals surface area contributed by atoms with Crippen LogP contribution < -0.4 is 15.4 Å². The van der Waals surface area contributed by atoms with Gasteiger partial charge in [0.15, 0.2) is 0 Å². The molecule has 0 bridgehead atoms. The Morgan fingerprint density at radius 3 is 2.59 bits per heavy atom. The Balaban J connectivity index is 1.64. The van der Waals surface area contributed by atoms with E-state index in [9.17, 15) is 4.79 Å². The molecule has 0 unspecified atom stereocenters. The summed E-state index contributed by atoms with van der Waals surface area (Å²) in [6.45, 7) is 6.99. The molecule has 1 saturated heterocycles. The Labute approximate surface area is 178 Å². The highest BCUT2D eigenvalue weighted by Crippen LogP contribution is 2.23. The summed E-state index contributed by atoms with van der Waals surface area (Å²) in [5.74, 6) is 1.01. The Morgan fingerprint density at radius 2 is 1.93 bits per heavy atom. The van der Waals surface area contributed by atoms with Crippen molar-refractivity contribution in [2.75, 3.05) is 20.2 Å². The highest BCUT2D eigenvalue weighted by atomic mass is 35.5. The minimum Gasteiger partial charge on any atom is -0.496 e. The molecule has 156 valence electrons. The molecular formula is C23H30ClN3O2. The van der Waals surface area contributed by atoms with Gasteiger partial charge < -0.3 is 15.4 Å². The molecule has 6 heteroatoms. The first-order valence-electron chi connectivity index (χ1n) is 10.1. The Bertz CT molecular complexity index is 825. The highest BCUT2D eigenvalue weighted by molar-refractivity contribution is 6.30. The lowest BCUT2D eigenvalue weighted by molar-refractivity contribution is -0.125. The molecule has 0 radical (unpaired) electrons. The van der Waals surface area contributed by atoms with E-state index in [4.69, 9.17) is 16.3 Å². The van der Waals surface area contributed by atoms with Crippen molar-refractivity contribution in [3.63, 3.8) is 0 Å². The largest absolute Gasteiger partial charge is 0.496 e. The molecule has 0 spiro atoms. The molecule has 2 atom stereocenters. The molecule has 29 heavy (non-hydrogen) atoms. The molecule has 2 aromatic rings. The summed E-state index contributed by atoms with van der Waals surface area (Å²) in [5.41, 5.74) is 3.51. The number of rotatable bonds is 8. The summed E-state index contributed by atoms with van der Waals surface area (Å²) in [5, 5.41) is 7.34. The van der Waals surface area contributed by atoms with Gasteiger partial charge in [0, 0.05) is 37.2 Å². The second kappa shape index (κ2) is 10.1. The van der Waals surface area contributed by atoms with Gasteiger partial charge in [-0.1, -0.05) is 35.9 Å². The van der Waals surface area contributed by atoms with Crippen molar-refractivity contribution in [3.8, 4) is 5.75 Å². The molecular weight excluding hydrogens is 386 g/mol. The maximum atomic E-state index is 12.6. The smallest absolute Gasteiger partial charge is 0.237 e. The average Bonchev–Trinajstić information content (AvgIpc) is 3.11. The second-order valence-electron chi connectivity index (χ2n) is 7.58. The van der Waals surface area contributed by atoms with Crippen LogP contribution in [-0.2, 0) is 17.9 Å². The van der Waals surface area contributed by atoms with Gasteiger partial charge in [-0.15, -0.1) is 0 Å². The fourth-order valence-electron chi connectivity index (χ4n) is 3.93. The van der Waals surface area contributed by atoms with Crippen molar-refractivity contribution >= 4 is 17.5 Å².